The van der Waals surface area contributed by atoms with Crippen molar-refractivity contribution in [1.82, 2.24) is 14.9 Å². The molecule has 1 heterocycles. The van der Waals surface area contributed by atoms with Gasteiger partial charge in [0.15, 0.2) is 0 Å². The number of hydrogen-bond acceptors (Lipinski definition) is 6. The van der Waals surface area contributed by atoms with Crippen LogP contribution in [0.2, 0.25) is 0 Å². The van der Waals surface area contributed by atoms with E-state index in [1.165, 1.54) is 0 Å². The Labute approximate surface area is 109 Å². The van der Waals surface area contributed by atoms with E-state index in [1.54, 1.807) is 0 Å². The lowest BCUT2D eigenvalue weighted by molar-refractivity contribution is 0.392. The molecule has 1 rings (SSSR count). The van der Waals surface area contributed by atoms with E-state index in [0.29, 0.717) is 11.9 Å². The molecule has 6 heteroatoms. The van der Waals surface area contributed by atoms with Gasteiger partial charge in [-0.2, -0.15) is 0 Å². The van der Waals surface area contributed by atoms with Crippen molar-refractivity contribution in [2.45, 2.75) is 32.7 Å². The SMILES string of the molecule is CC(CN(C)C)Nc1cc(NN)nc(C(C)C)n1. The van der Waals surface area contributed by atoms with Crippen LogP contribution < -0.4 is 16.6 Å². The fourth-order valence-corrected chi connectivity index (χ4v) is 1.72. The summed E-state index contributed by atoms with van der Waals surface area (Å²) in [7, 11) is 4.09. The molecule has 0 aliphatic carbocycles. The highest BCUT2D eigenvalue weighted by molar-refractivity contribution is 5.47. The van der Waals surface area contributed by atoms with Gasteiger partial charge in [-0.3, -0.25) is 0 Å². The van der Waals surface area contributed by atoms with Crippen LogP contribution in [0, 0.1) is 0 Å². The van der Waals surface area contributed by atoms with E-state index in [4.69, 9.17) is 5.84 Å². The molecule has 0 amide bonds. The molecule has 0 saturated carbocycles. The zero-order valence-electron chi connectivity index (χ0n) is 11.9. The van der Waals surface area contributed by atoms with Gasteiger partial charge in [-0.25, -0.2) is 15.8 Å². The lowest BCUT2D eigenvalue weighted by Gasteiger charge is -2.19. The number of nitrogens with one attached hydrogen (secondary N) is 2. The summed E-state index contributed by atoms with van der Waals surface area (Å²) in [6, 6.07) is 2.12. The third-order valence-electron chi connectivity index (χ3n) is 2.44. The summed E-state index contributed by atoms with van der Waals surface area (Å²) in [5.74, 6) is 7.91. The Balaban J connectivity index is 2.84. The van der Waals surface area contributed by atoms with Crippen LogP contribution in [0.4, 0.5) is 11.6 Å². The van der Waals surface area contributed by atoms with Gasteiger partial charge < -0.3 is 15.6 Å². The average molecular weight is 252 g/mol. The van der Waals surface area contributed by atoms with E-state index in [-0.39, 0.29) is 5.92 Å². The first-order valence-electron chi connectivity index (χ1n) is 6.19. The summed E-state index contributed by atoms with van der Waals surface area (Å²) in [5.41, 5.74) is 2.58. The van der Waals surface area contributed by atoms with Gasteiger partial charge in [0.2, 0.25) is 0 Å². The minimum atomic E-state index is 0.267. The Kier molecular flexibility index (Phi) is 5.30. The molecule has 0 aliphatic heterocycles. The van der Waals surface area contributed by atoms with Gasteiger partial charge >= 0.3 is 0 Å². The maximum absolute atomic E-state index is 5.42. The Morgan fingerprint density at radius 3 is 2.33 bits per heavy atom. The summed E-state index contributed by atoms with van der Waals surface area (Å²) in [6.45, 7) is 7.17. The molecule has 6 nitrogen and oxygen atoms in total. The van der Waals surface area contributed by atoms with Crippen LogP contribution in [0.25, 0.3) is 0 Å². The van der Waals surface area contributed by atoms with E-state index >= 15 is 0 Å². The predicted octanol–water partition coefficient (Wildman–Crippen LogP) is 1.25. The molecule has 0 bridgehead atoms. The van der Waals surface area contributed by atoms with Crippen LogP contribution in [-0.2, 0) is 0 Å². The lowest BCUT2D eigenvalue weighted by Crippen LogP contribution is -2.30. The molecule has 0 radical (unpaired) electrons. The molecule has 1 unspecified atom stereocenters. The minimum Gasteiger partial charge on any atom is -0.366 e. The first-order chi connectivity index (χ1) is 8.42. The quantitative estimate of drug-likeness (QED) is 0.522. The van der Waals surface area contributed by atoms with Crippen LogP contribution in [0.3, 0.4) is 0 Å². The molecular weight excluding hydrogens is 228 g/mol. The largest absolute Gasteiger partial charge is 0.366 e. The van der Waals surface area contributed by atoms with Crippen LogP contribution >= 0.6 is 0 Å². The fraction of sp³-hybridized carbons (Fsp3) is 0.667. The predicted molar refractivity (Wildman–Crippen MR) is 75.6 cm³/mol. The standard InChI is InChI=1S/C12H24N6/c1-8(2)12-15-10(6-11(16-12)17-13)14-9(3)7-18(4)5/h6,8-9H,7,13H2,1-5H3,(H2,14,15,16,17). The Hall–Kier alpha value is -1.40. The van der Waals surface area contributed by atoms with Crippen LogP contribution in [0.1, 0.15) is 32.5 Å². The highest BCUT2D eigenvalue weighted by Crippen LogP contribution is 2.16. The van der Waals surface area contributed by atoms with Gasteiger partial charge in [-0.1, -0.05) is 13.8 Å². The molecule has 0 saturated heterocycles. The van der Waals surface area contributed by atoms with E-state index in [2.05, 4.69) is 46.4 Å². The van der Waals surface area contributed by atoms with Gasteiger partial charge in [0.1, 0.15) is 17.5 Å². The molecule has 18 heavy (non-hydrogen) atoms. The van der Waals surface area contributed by atoms with Gasteiger partial charge in [-0.05, 0) is 21.0 Å². The molecule has 4 N–H and O–H groups in total. The third kappa shape index (κ3) is 4.46. The smallest absolute Gasteiger partial charge is 0.145 e. The molecule has 0 aliphatic rings. The molecule has 0 aromatic carbocycles. The third-order valence-corrected chi connectivity index (χ3v) is 2.44. The summed E-state index contributed by atoms with van der Waals surface area (Å²) in [4.78, 5) is 10.9. The first kappa shape index (κ1) is 14.7. The zero-order chi connectivity index (χ0) is 13.7. The van der Waals surface area contributed by atoms with Crippen molar-refractivity contribution in [1.29, 1.82) is 0 Å². The van der Waals surface area contributed by atoms with Gasteiger partial charge in [0.25, 0.3) is 0 Å². The van der Waals surface area contributed by atoms with E-state index in [9.17, 15) is 0 Å². The van der Waals surface area contributed by atoms with Crippen molar-refractivity contribution >= 4 is 11.6 Å². The Morgan fingerprint density at radius 2 is 1.83 bits per heavy atom. The number of rotatable bonds is 6. The maximum atomic E-state index is 5.42. The van der Waals surface area contributed by atoms with Crippen molar-refractivity contribution in [3.63, 3.8) is 0 Å². The second kappa shape index (κ2) is 6.51. The molecule has 0 spiro atoms. The molecule has 102 valence electrons. The number of likely N-dealkylation sites (N-methyl/N-ethyl adjacent to an activating group) is 1. The number of nitrogen functional groups attached to an aromatic ring is 1. The number of nitrogens with two attached hydrogens (primary N) is 1. The number of anilines is 2. The monoisotopic (exact) mass is 252 g/mol. The van der Waals surface area contributed by atoms with Crippen molar-refractivity contribution in [2.24, 2.45) is 5.84 Å². The van der Waals surface area contributed by atoms with Gasteiger partial charge in [0.05, 0.1) is 0 Å². The van der Waals surface area contributed by atoms with Crippen LogP contribution in [0.5, 0.6) is 0 Å². The second-order valence-corrected chi connectivity index (χ2v) is 5.10. The molecule has 1 aromatic rings. The van der Waals surface area contributed by atoms with Gasteiger partial charge in [0, 0.05) is 24.6 Å². The normalized spacial score (nSPS) is 12.9. The average Bonchev–Trinajstić information content (AvgIpc) is 2.27. The van der Waals surface area contributed by atoms with E-state index in [1.807, 2.05) is 20.2 Å². The molecular formula is C12H24N6. The topological polar surface area (TPSA) is 79.1 Å². The maximum Gasteiger partial charge on any atom is 0.145 e. The van der Waals surface area contributed by atoms with Crippen molar-refractivity contribution in [2.75, 3.05) is 31.4 Å². The van der Waals surface area contributed by atoms with E-state index < -0.39 is 0 Å². The van der Waals surface area contributed by atoms with E-state index in [0.717, 1.165) is 18.2 Å². The van der Waals surface area contributed by atoms with Crippen LogP contribution in [-0.4, -0.2) is 41.5 Å². The summed E-state index contributed by atoms with van der Waals surface area (Å²) in [5, 5.41) is 3.35. The zero-order valence-corrected chi connectivity index (χ0v) is 11.9. The fourth-order valence-electron chi connectivity index (χ4n) is 1.72. The summed E-state index contributed by atoms with van der Waals surface area (Å²) >= 11 is 0. The Morgan fingerprint density at radius 1 is 1.22 bits per heavy atom. The van der Waals surface area contributed by atoms with Gasteiger partial charge in [-0.15, -0.1) is 0 Å². The number of aromatic nitrogens is 2. The molecule has 1 aromatic heterocycles. The second-order valence-electron chi connectivity index (χ2n) is 5.10. The van der Waals surface area contributed by atoms with Crippen molar-refractivity contribution in [3.05, 3.63) is 11.9 Å². The van der Waals surface area contributed by atoms with Crippen molar-refractivity contribution in [3.8, 4) is 0 Å². The lowest BCUT2D eigenvalue weighted by atomic mass is 10.2. The number of nitrogens with zero attached hydrogens (tertiary/aromatic N) is 3. The first-order valence-corrected chi connectivity index (χ1v) is 6.19. The minimum absolute atomic E-state index is 0.267. The molecule has 1 atom stereocenters. The summed E-state index contributed by atoms with van der Waals surface area (Å²) < 4.78 is 0. The number of hydrazine groups is 1. The number of hydrogen-bond donors (Lipinski definition) is 3. The Bertz CT molecular complexity index is 377. The summed E-state index contributed by atoms with van der Waals surface area (Å²) in [6.07, 6.45) is 0. The van der Waals surface area contributed by atoms with Crippen LogP contribution in [0.15, 0.2) is 6.07 Å². The molecule has 0 fully saturated rings. The van der Waals surface area contributed by atoms with Crippen molar-refractivity contribution < 1.29 is 0 Å². The highest BCUT2D eigenvalue weighted by atomic mass is 15.3. The highest BCUT2D eigenvalue weighted by Gasteiger charge is 2.10.